The molecule has 2 aromatic rings. The van der Waals surface area contributed by atoms with Gasteiger partial charge >= 0.3 is 0 Å². The quantitative estimate of drug-likeness (QED) is 0.852. The number of aromatic nitrogens is 2. The molecule has 0 saturated heterocycles. The van der Waals surface area contributed by atoms with Gasteiger partial charge < -0.3 is 4.90 Å². The minimum atomic E-state index is -0.00295. The lowest BCUT2D eigenvalue weighted by atomic mass is 10.1. The summed E-state index contributed by atoms with van der Waals surface area (Å²) in [4.78, 5) is 14.5. The largest absolute Gasteiger partial charge is 0.334 e. The normalized spacial score (nSPS) is 10.3. The Morgan fingerprint density at radius 2 is 2.05 bits per heavy atom. The van der Waals surface area contributed by atoms with Crippen LogP contribution in [0.15, 0.2) is 30.5 Å². The minimum absolute atomic E-state index is 0.00295. The van der Waals surface area contributed by atoms with Crippen molar-refractivity contribution >= 4 is 5.91 Å². The maximum atomic E-state index is 12.7. The highest BCUT2D eigenvalue weighted by Gasteiger charge is 2.19. The molecule has 0 aliphatic rings. The zero-order chi connectivity index (χ0) is 16.1. The summed E-state index contributed by atoms with van der Waals surface area (Å²) in [7, 11) is 1.83. The molecule has 0 aliphatic carbocycles. The van der Waals surface area contributed by atoms with E-state index >= 15 is 0 Å². The first-order valence-corrected chi connectivity index (χ1v) is 7.33. The maximum absolute atomic E-state index is 12.7. The van der Waals surface area contributed by atoms with Crippen molar-refractivity contribution in [2.75, 3.05) is 6.54 Å². The van der Waals surface area contributed by atoms with Crippen LogP contribution in [-0.2, 0) is 13.6 Å². The molecule has 0 bridgehead atoms. The highest BCUT2D eigenvalue weighted by Crippen LogP contribution is 2.14. The van der Waals surface area contributed by atoms with Crippen molar-refractivity contribution in [2.45, 2.75) is 26.8 Å². The van der Waals surface area contributed by atoms with E-state index in [1.807, 2.05) is 31.0 Å². The summed E-state index contributed by atoms with van der Waals surface area (Å²) >= 11 is 0. The molecule has 0 atom stereocenters. The van der Waals surface area contributed by atoms with E-state index in [2.05, 4.69) is 18.1 Å². The Kier molecular flexibility index (Phi) is 4.95. The number of rotatable bonds is 5. The minimum Gasteiger partial charge on any atom is -0.334 e. The highest BCUT2D eigenvalue weighted by molar-refractivity contribution is 5.95. The maximum Gasteiger partial charge on any atom is 0.257 e. The molecule has 5 heteroatoms. The van der Waals surface area contributed by atoms with Crippen molar-refractivity contribution in [3.05, 3.63) is 52.8 Å². The molecule has 0 radical (unpaired) electrons. The van der Waals surface area contributed by atoms with Gasteiger partial charge in [-0.05, 0) is 31.0 Å². The van der Waals surface area contributed by atoms with E-state index in [-0.39, 0.29) is 5.91 Å². The van der Waals surface area contributed by atoms with Gasteiger partial charge in [-0.25, -0.2) is 0 Å². The van der Waals surface area contributed by atoms with Gasteiger partial charge in [0, 0.05) is 25.8 Å². The van der Waals surface area contributed by atoms with Gasteiger partial charge in [-0.15, -0.1) is 0 Å². The van der Waals surface area contributed by atoms with Crippen LogP contribution in [0.2, 0.25) is 0 Å². The Labute approximate surface area is 130 Å². The van der Waals surface area contributed by atoms with Crippen molar-refractivity contribution in [3.63, 3.8) is 0 Å². The zero-order valence-electron chi connectivity index (χ0n) is 13.2. The smallest absolute Gasteiger partial charge is 0.257 e. The van der Waals surface area contributed by atoms with E-state index in [0.717, 1.165) is 17.7 Å². The molecule has 2 rings (SSSR count). The number of hydrogen-bond donors (Lipinski definition) is 0. The Morgan fingerprint density at radius 3 is 2.55 bits per heavy atom. The molecule has 0 fully saturated rings. The van der Waals surface area contributed by atoms with Crippen LogP contribution in [0.25, 0.3) is 0 Å². The summed E-state index contributed by atoms with van der Waals surface area (Å²) in [6, 6.07) is 9.44. The average Bonchev–Trinajstić information content (AvgIpc) is 2.86. The number of hydrogen-bond acceptors (Lipinski definition) is 3. The fourth-order valence-corrected chi connectivity index (χ4v) is 2.31. The molecule has 0 N–H and O–H groups in total. The lowest BCUT2D eigenvalue weighted by Gasteiger charge is -2.22. The van der Waals surface area contributed by atoms with Crippen molar-refractivity contribution in [1.82, 2.24) is 14.7 Å². The lowest BCUT2D eigenvalue weighted by molar-refractivity contribution is 0.0742. The first-order valence-electron chi connectivity index (χ1n) is 7.33. The number of nitriles is 1. The molecule has 1 amide bonds. The topological polar surface area (TPSA) is 61.9 Å². The molecule has 1 aromatic carbocycles. The zero-order valence-corrected chi connectivity index (χ0v) is 13.2. The SMILES string of the molecule is CCCN(Cc1ccc(C#N)cc1)C(=O)c1cnn(C)c1C. The van der Waals surface area contributed by atoms with E-state index in [1.165, 1.54) is 0 Å². The first-order chi connectivity index (χ1) is 10.6. The van der Waals surface area contributed by atoms with Crippen LogP contribution in [-0.4, -0.2) is 27.1 Å². The third-order valence-electron chi connectivity index (χ3n) is 3.70. The molecular formula is C17H20N4O. The number of amides is 1. The van der Waals surface area contributed by atoms with Crippen molar-refractivity contribution < 1.29 is 4.79 Å². The molecule has 22 heavy (non-hydrogen) atoms. The van der Waals surface area contributed by atoms with E-state index in [1.54, 1.807) is 23.0 Å². The fourth-order valence-electron chi connectivity index (χ4n) is 2.31. The Hall–Kier alpha value is -2.61. The molecule has 0 spiro atoms. The van der Waals surface area contributed by atoms with Crippen LogP contribution in [0.3, 0.4) is 0 Å². The fraction of sp³-hybridized carbons (Fsp3) is 0.353. The predicted molar refractivity (Wildman–Crippen MR) is 84.1 cm³/mol. The van der Waals surface area contributed by atoms with Gasteiger partial charge in [0.1, 0.15) is 0 Å². The van der Waals surface area contributed by atoms with E-state index < -0.39 is 0 Å². The van der Waals surface area contributed by atoms with Crippen molar-refractivity contribution in [2.24, 2.45) is 7.05 Å². The monoisotopic (exact) mass is 296 g/mol. The molecule has 114 valence electrons. The van der Waals surface area contributed by atoms with Gasteiger partial charge in [0.2, 0.25) is 0 Å². The van der Waals surface area contributed by atoms with Crippen LogP contribution in [0.4, 0.5) is 0 Å². The van der Waals surface area contributed by atoms with Gasteiger partial charge in [-0.2, -0.15) is 10.4 Å². The number of benzene rings is 1. The van der Waals surface area contributed by atoms with E-state index in [9.17, 15) is 4.79 Å². The summed E-state index contributed by atoms with van der Waals surface area (Å²) in [6.07, 6.45) is 2.51. The van der Waals surface area contributed by atoms with Gasteiger partial charge in [0.25, 0.3) is 5.91 Å². The van der Waals surface area contributed by atoms with Gasteiger partial charge in [0.15, 0.2) is 0 Å². The second kappa shape index (κ2) is 6.90. The summed E-state index contributed by atoms with van der Waals surface area (Å²) in [6.45, 7) is 5.17. The van der Waals surface area contributed by atoms with Crippen molar-refractivity contribution in [3.8, 4) is 6.07 Å². The van der Waals surface area contributed by atoms with Crippen LogP contribution in [0.5, 0.6) is 0 Å². The standard InChI is InChI=1S/C17H20N4O/c1-4-9-21(12-15-7-5-14(10-18)6-8-15)17(22)16-11-19-20(3)13(16)2/h5-8,11H,4,9,12H2,1-3H3. The van der Waals surface area contributed by atoms with Gasteiger partial charge in [0.05, 0.1) is 23.4 Å². The van der Waals surface area contributed by atoms with Crippen LogP contribution >= 0.6 is 0 Å². The van der Waals surface area contributed by atoms with Gasteiger partial charge in [-0.3, -0.25) is 9.48 Å². The summed E-state index contributed by atoms with van der Waals surface area (Å²) in [5, 5.41) is 13.0. The molecule has 1 heterocycles. The third-order valence-corrected chi connectivity index (χ3v) is 3.70. The molecule has 1 aromatic heterocycles. The highest BCUT2D eigenvalue weighted by atomic mass is 16.2. The number of carbonyl (C=O) groups excluding carboxylic acids is 1. The molecule has 0 saturated carbocycles. The second-order valence-electron chi connectivity index (χ2n) is 5.30. The van der Waals surface area contributed by atoms with E-state index in [0.29, 0.717) is 24.2 Å². The molecule has 0 unspecified atom stereocenters. The summed E-state index contributed by atoms with van der Waals surface area (Å²) in [5.41, 5.74) is 3.15. The number of carbonyl (C=O) groups is 1. The molecule has 5 nitrogen and oxygen atoms in total. The molecular weight excluding hydrogens is 276 g/mol. The summed E-state index contributed by atoms with van der Waals surface area (Å²) in [5.74, 6) is -0.00295. The third kappa shape index (κ3) is 3.34. The number of nitrogens with zero attached hydrogens (tertiary/aromatic N) is 4. The van der Waals surface area contributed by atoms with Crippen LogP contribution in [0, 0.1) is 18.3 Å². The van der Waals surface area contributed by atoms with Crippen molar-refractivity contribution in [1.29, 1.82) is 5.26 Å². The summed E-state index contributed by atoms with van der Waals surface area (Å²) < 4.78 is 1.71. The predicted octanol–water partition coefficient (Wildman–Crippen LogP) is 2.65. The Balaban J connectivity index is 2.20. The lowest BCUT2D eigenvalue weighted by Crippen LogP contribution is -2.31. The van der Waals surface area contributed by atoms with E-state index in [4.69, 9.17) is 5.26 Å². The van der Waals surface area contributed by atoms with Gasteiger partial charge in [-0.1, -0.05) is 19.1 Å². The van der Waals surface area contributed by atoms with Crippen LogP contribution < -0.4 is 0 Å². The Morgan fingerprint density at radius 1 is 1.36 bits per heavy atom. The number of aryl methyl sites for hydroxylation is 1. The van der Waals surface area contributed by atoms with Crippen LogP contribution in [0.1, 0.15) is 40.5 Å². The average molecular weight is 296 g/mol. The first kappa shape index (κ1) is 15.8. The second-order valence-corrected chi connectivity index (χ2v) is 5.30. The molecule has 0 aliphatic heterocycles. The Bertz CT molecular complexity index is 694.